The van der Waals surface area contributed by atoms with Crippen LogP contribution in [-0.2, 0) is 6.54 Å². The second-order valence-electron chi connectivity index (χ2n) is 3.73. The minimum atomic E-state index is 0.715. The van der Waals surface area contributed by atoms with Gasteiger partial charge in [0.25, 0.3) is 0 Å². The smallest absolute Gasteiger partial charge is 0.147 e. The average Bonchev–Trinajstić information content (AvgIpc) is 2.95. The molecule has 3 aromatic heterocycles. The molecule has 5 nitrogen and oxygen atoms in total. The highest BCUT2D eigenvalue weighted by Crippen LogP contribution is 2.25. The number of H-pyrrole nitrogens is 1. The van der Waals surface area contributed by atoms with Crippen LogP contribution < -0.4 is 5.32 Å². The molecule has 17 heavy (non-hydrogen) atoms. The van der Waals surface area contributed by atoms with Crippen molar-refractivity contribution in [2.75, 3.05) is 5.32 Å². The fraction of sp³-hybridized carbons (Fsp3) is 0.182. The van der Waals surface area contributed by atoms with Crippen molar-refractivity contribution in [3.8, 4) is 0 Å². The molecule has 0 amide bonds. The van der Waals surface area contributed by atoms with E-state index in [-0.39, 0.29) is 0 Å². The van der Waals surface area contributed by atoms with Gasteiger partial charge in [0, 0.05) is 17.8 Å². The van der Waals surface area contributed by atoms with Crippen LogP contribution in [0, 0.1) is 6.92 Å². The number of aromatic nitrogens is 4. The SMILES string of the molecule is Cc1[nH]ncc1CNc1ncnc2ccsc12. The number of hydrogen-bond donors (Lipinski definition) is 2. The van der Waals surface area contributed by atoms with Gasteiger partial charge in [-0.1, -0.05) is 0 Å². The van der Waals surface area contributed by atoms with Crippen LogP contribution in [-0.4, -0.2) is 20.2 Å². The van der Waals surface area contributed by atoms with E-state index in [1.54, 1.807) is 17.7 Å². The molecule has 3 heterocycles. The normalized spacial score (nSPS) is 10.9. The molecule has 0 atom stereocenters. The first-order valence-corrected chi connectivity index (χ1v) is 6.13. The monoisotopic (exact) mass is 245 g/mol. The van der Waals surface area contributed by atoms with Gasteiger partial charge in [-0.25, -0.2) is 9.97 Å². The predicted octanol–water partition coefficient (Wildman–Crippen LogP) is 2.33. The van der Waals surface area contributed by atoms with Crippen LogP contribution in [0.15, 0.2) is 24.0 Å². The summed E-state index contributed by atoms with van der Waals surface area (Å²) in [5.41, 5.74) is 3.21. The van der Waals surface area contributed by atoms with Crippen molar-refractivity contribution in [2.45, 2.75) is 13.5 Å². The zero-order valence-electron chi connectivity index (χ0n) is 9.27. The Morgan fingerprint density at radius 1 is 1.41 bits per heavy atom. The lowest BCUT2D eigenvalue weighted by Gasteiger charge is -2.05. The van der Waals surface area contributed by atoms with Crippen LogP contribution in [0.5, 0.6) is 0 Å². The van der Waals surface area contributed by atoms with Crippen LogP contribution >= 0.6 is 11.3 Å². The Balaban J connectivity index is 1.86. The number of rotatable bonds is 3. The molecule has 0 aromatic carbocycles. The maximum atomic E-state index is 4.27. The van der Waals surface area contributed by atoms with Crippen molar-refractivity contribution < 1.29 is 0 Å². The van der Waals surface area contributed by atoms with Gasteiger partial charge in [-0.15, -0.1) is 11.3 Å². The number of thiophene rings is 1. The van der Waals surface area contributed by atoms with Crippen LogP contribution in [0.25, 0.3) is 10.2 Å². The third-order valence-corrected chi connectivity index (χ3v) is 3.53. The first-order valence-electron chi connectivity index (χ1n) is 5.25. The van der Waals surface area contributed by atoms with E-state index in [0.717, 1.165) is 27.3 Å². The molecule has 0 aliphatic heterocycles. The molecule has 0 fully saturated rings. The summed E-state index contributed by atoms with van der Waals surface area (Å²) in [4.78, 5) is 8.47. The highest BCUT2D eigenvalue weighted by atomic mass is 32.1. The van der Waals surface area contributed by atoms with E-state index in [2.05, 4.69) is 25.5 Å². The lowest BCUT2D eigenvalue weighted by molar-refractivity contribution is 1.04. The predicted molar refractivity (Wildman–Crippen MR) is 68.1 cm³/mol. The number of aromatic amines is 1. The molecule has 0 saturated carbocycles. The molecule has 3 rings (SSSR count). The topological polar surface area (TPSA) is 66.5 Å². The summed E-state index contributed by atoms with van der Waals surface area (Å²) in [7, 11) is 0. The molecule has 6 heteroatoms. The van der Waals surface area contributed by atoms with Crippen LogP contribution in [0.3, 0.4) is 0 Å². The molecule has 0 radical (unpaired) electrons. The van der Waals surface area contributed by atoms with Crippen molar-refractivity contribution >= 4 is 27.4 Å². The molecule has 0 bridgehead atoms. The Labute approximate surface area is 102 Å². The fourth-order valence-electron chi connectivity index (χ4n) is 1.65. The Morgan fingerprint density at radius 2 is 2.35 bits per heavy atom. The van der Waals surface area contributed by atoms with Crippen LogP contribution in [0.2, 0.25) is 0 Å². The molecule has 3 aromatic rings. The largest absolute Gasteiger partial charge is 0.365 e. The number of aryl methyl sites for hydroxylation is 1. The van der Waals surface area contributed by atoms with E-state index in [1.807, 2.05) is 24.6 Å². The van der Waals surface area contributed by atoms with E-state index >= 15 is 0 Å². The highest BCUT2D eigenvalue weighted by Gasteiger charge is 2.05. The molecular formula is C11H11N5S. The minimum Gasteiger partial charge on any atom is -0.365 e. The Hall–Kier alpha value is -1.95. The first-order chi connectivity index (χ1) is 8.34. The zero-order valence-corrected chi connectivity index (χ0v) is 10.1. The quantitative estimate of drug-likeness (QED) is 0.743. The molecule has 0 aliphatic rings. The summed E-state index contributed by atoms with van der Waals surface area (Å²) in [6, 6.07) is 2.00. The van der Waals surface area contributed by atoms with Gasteiger partial charge in [0.2, 0.25) is 0 Å². The van der Waals surface area contributed by atoms with Crippen molar-refractivity contribution in [2.24, 2.45) is 0 Å². The van der Waals surface area contributed by atoms with Gasteiger partial charge in [0.15, 0.2) is 0 Å². The molecule has 2 N–H and O–H groups in total. The summed E-state index contributed by atoms with van der Waals surface area (Å²) < 4.78 is 1.09. The average molecular weight is 245 g/mol. The summed E-state index contributed by atoms with van der Waals surface area (Å²) in [6.07, 6.45) is 3.41. The Bertz CT molecular complexity index is 642. The number of anilines is 1. The third kappa shape index (κ3) is 1.87. The van der Waals surface area contributed by atoms with E-state index < -0.39 is 0 Å². The van der Waals surface area contributed by atoms with Crippen molar-refractivity contribution in [1.82, 2.24) is 20.2 Å². The number of fused-ring (bicyclic) bond motifs is 1. The molecule has 0 saturated heterocycles. The van der Waals surface area contributed by atoms with Gasteiger partial charge in [-0.2, -0.15) is 5.10 Å². The summed E-state index contributed by atoms with van der Waals surface area (Å²) in [5.74, 6) is 0.880. The molecule has 0 spiro atoms. The zero-order chi connectivity index (χ0) is 11.7. The second kappa shape index (κ2) is 4.14. The van der Waals surface area contributed by atoms with E-state index in [4.69, 9.17) is 0 Å². The maximum absolute atomic E-state index is 4.27. The van der Waals surface area contributed by atoms with Crippen molar-refractivity contribution in [1.29, 1.82) is 0 Å². The summed E-state index contributed by atoms with van der Waals surface area (Å²) >= 11 is 1.64. The highest BCUT2D eigenvalue weighted by molar-refractivity contribution is 7.17. The van der Waals surface area contributed by atoms with Crippen molar-refractivity contribution in [3.05, 3.63) is 35.2 Å². The third-order valence-electron chi connectivity index (χ3n) is 2.62. The van der Waals surface area contributed by atoms with Crippen LogP contribution in [0.4, 0.5) is 5.82 Å². The Kier molecular flexibility index (Phi) is 2.49. The maximum Gasteiger partial charge on any atom is 0.147 e. The molecular weight excluding hydrogens is 234 g/mol. The molecule has 0 unspecified atom stereocenters. The van der Waals surface area contributed by atoms with E-state index in [1.165, 1.54) is 0 Å². The standard InChI is InChI=1S/C11H11N5S/c1-7-8(5-15-16-7)4-12-11-10-9(2-3-17-10)13-6-14-11/h2-3,5-6H,4H2,1H3,(H,15,16)(H,12,13,14). The van der Waals surface area contributed by atoms with Gasteiger partial charge in [0.05, 0.1) is 16.4 Å². The van der Waals surface area contributed by atoms with Gasteiger partial charge >= 0.3 is 0 Å². The summed E-state index contributed by atoms with van der Waals surface area (Å²) in [6.45, 7) is 2.72. The molecule has 86 valence electrons. The number of nitrogens with one attached hydrogen (secondary N) is 2. The molecule has 0 aliphatic carbocycles. The van der Waals surface area contributed by atoms with Gasteiger partial charge in [-0.05, 0) is 18.4 Å². The summed E-state index contributed by atoms with van der Waals surface area (Å²) in [5, 5.41) is 12.2. The first kappa shape index (κ1) is 10.2. The minimum absolute atomic E-state index is 0.715. The van der Waals surface area contributed by atoms with Gasteiger partial charge < -0.3 is 5.32 Å². The fourth-order valence-corrected chi connectivity index (χ4v) is 2.46. The lowest BCUT2D eigenvalue weighted by Crippen LogP contribution is -2.02. The van der Waals surface area contributed by atoms with E-state index in [0.29, 0.717) is 6.54 Å². The van der Waals surface area contributed by atoms with Gasteiger partial charge in [-0.3, -0.25) is 5.10 Å². The number of hydrogen-bond acceptors (Lipinski definition) is 5. The van der Waals surface area contributed by atoms with Crippen molar-refractivity contribution in [3.63, 3.8) is 0 Å². The van der Waals surface area contributed by atoms with Gasteiger partial charge in [0.1, 0.15) is 12.1 Å². The Morgan fingerprint density at radius 3 is 3.18 bits per heavy atom. The van der Waals surface area contributed by atoms with Crippen LogP contribution in [0.1, 0.15) is 11.3 Å². The lowest BCUT2D eigenvalue weighted by atomic mass is 10.2. The second-order valence-corrected chi connectivity index (χ2v) is 4.65. The number of nitrogens with zero attached hydrogens (tertiary/aromatic N) is 3. The van der Waals surface area contributed by atoms with E-state index in [9.17, 15) is 0 Å².